The maximum absolute atomic E-state index is 12.9. The molecule has 0 atom stereocenters. The number of fused-ring (bicyclic) bond motifs is 2. The van der Waals surface area contributed by atoms with E-state index in [2.05, 4.69) is 14.8 Å². The SMILES string of the molecule is COC(=O)c1cc2n(n1)CCN(C(=O)c1c[nH]c3ccc(C)cc3c1=O)C2. The highest BCUT2D eigenvalue weighted by atomic mass is 16.5. The molecule has 0 aliphatic carbocycles. The van der Waals surface area contributed by atoms with Crippen molar-refractivity contribution < 1.29 is 14.3 Å². The van der Waals surface area contributed by atoms with E-state index in [0.717, 1.165) is 11.3 Å². The van der Waals surface area contributed by atoms with Gasteiger partial charge in [-0.25, -0.2) is 4.79 Å². The van der Waals surface area contributed by atoms with E-state index in [1.807, 2.05) is 19.1 Å². The Morgan fingerprint density at radius 2 is 2.04 bits per heavy atom. The largest absolute Gasteiger partial charge is 0.464 e. The molecular formula is C19H18N4O4. The van der Waals surface area contributed by atoms with Crippen molar-refractivity contribution >= 4 is 22.8 Å². The van der Waals surface area contributed by atoms with Crippen LogP contribution in [0.4, 0.5) is 0 Å². The minimum atomic E-state index is -0.517. The Kier molecular flexibility index (Phi) is 4.02. The monoisotopic (exact) mass is 366 g/mol. The third-order valence-electron chi connectivity index (χ3n) is 4.75. The molecule has 1 aromatic carbocycles. The van der Waals surface area contributed by atoms with Crippen LogP contribution in [-0.4, -0.2) is 45.2 Å². The summed E-state index contributed by atoms with van der Waals surface area (Å²) in [5, 5.41) is 4.69. The third-order valence-corrected chi connectivity index (χ3v) is 4.75. The van der Waals surface area contributed by atoms with Crippen molar-refractivity contribution in [2.45, 2.75) is 20.0 Å². The van der Waals surface area contributed by atoms with Gasteiger partial charge in [0.15, 0.2) is 5.69 Å². The van der Waals surface area contributed by atoms with Gasteiger partial charge in [0, 0.05) is 23.6 Å². The number of nitrogens with zero attached hydrogens (tertiary/aromatic N) is 3. The second kappa shape index (κ2) is 6.39. The van der Waals surface area contributed by atoms with Crippen LogP contribution in [0.25, 0.3) is 10.9 Å². The number of hydrogen-bond acceptors (Lipinski definition) is 5. The average molecular weight is 366 g/mol. The molecular weight excluding hydrogens is 348 g/mol. The predicted octanol–water partition coefficient (Wildman–Crippen LogP) is 1.48. The maximum Gasteiger partial charge on any atom is 0.358 e. The predicted molar refractivity (Wildman–Crippen MR) is 97.6 cm³/mol. The number of methoxy groups -OCH3 is 1. The molecule has 0 saturated carbocycles. The lowest BCUT2D eigenvalue weighted by Crippen LogP contribution is -2.40. The smallest absolute Gasteiger partial charge is 0.358 e. The highest BCUT2D eigenvalue weighted by Gasteiger charge is 2.26. The Hall–Kier alpha value is -3.42. The Labute approximate surface area is 154 Å². The molecule has 1 amide bonds. The van der Waals surface area contributed by atoms with E-state index >= 15 is 0 Å². The number of carbonyl (C=O) groups is 2. The van der Waals surface area contributed by atoms with E-state index in [1.165, 1.54) is 13.3 Å². The number of carbonyl (C=O) groups excluding carboxylic acids is 2. The van der Waals surface area contributed by atoms with Gasteiger partial charge in [0.25, 0.3) is 5.91 Å². The molecule has 3 aromatic rings. The van der Waals surface area contributed by atoms with Gasteiger partial charge in [0.05, 0.1) is 25.9 Å². The molecule has 1 aliphatic rings. The van der Waals surface area contributed by atoms with E-state index in [4.69, 9.17) is 0 Å². The molecule has 138 valence electrons. The molecule has 8 nitrogen and oxygen atoms in total. The van der Waals surface area contributed by atoms with Gasteiger partial charge in [-0.2, -0.15) is 5.10 Å². The number of amides is 1. The first-order chi connectivity index (χ1) is 13.0. The van der Waals surface area contributed by atoms with Crippen molar-refractivity contribution in [3.05, 3.63) is 63.2 Å². The average Bonchev–Trinajstić information content (AvgIpc) is 3.11. The molecule has 4 rings (SSSR count). The number of aryl methyl sites for hydroxylation is 1. The summed E-state index contributed by atoms with van der Waals surface area (Å²) >= 11 is 0. The Balaban J connectivity index is 1.65. The fourth-order valence-electron chi connectivity index (χ4n) is 3.31. The van der Waals surface area contributed by atoms with Crippen LogP contribution in [0, 0.1) is 6.92 Å². The number of nitrogens with one attached hydrogen (secondary N) is 1. The summed E-state index contributed by atoms with van der Waals surface area (Å²) in [6.45, 7) is 3.02. The van der Waals surface area contributed by atoms with Crippen molar-refractivity contribution in [2.24, 2.45) is 0 Å². The molecule has 2 aromatic heterocycles. The lowest BCUT2D eigenvalue weighted by Gasteiger charge is -2.27. The van der Waals surface area contributed by atoms with Crippen LogP contribution in [0.5, 0.6) is 0 Å². The first-order valence-corrected chi connectivity index (χ1v) is 8.54. The van der Waals surface area contributed by atoms with Crippen molar-refractivity contribution in [2.75, 3.05) is 13.7 Å². The van der Waals surface area contributed by atoms with Crippen molar-refractivity contribution in [3.63, 3.8) is 0 Å². The zero-order valence-electron chi connectivity index (χ0n) is 15.0. The highest BCUT2D eigenvalue weighted by Crippen LogP contribution is 2.17. The Morgan fingerprint density at radius 1 is 1.22 bits per heavy atom. The second-order valence-electron chi connectivity index (χ2n) is 6.54. The summed E-state index contributed by atoms with van der Waals surface area (Å²) in [6.07, 6.45) is 1.47. The zero-order valence-corrected chi connectivity index (χ0v) is 15.0. The molecule has 1 N–H and O–H groups in total. The summed E-state index contributed by atoms with van der Waals surface area (Å²) in [5.74, 6) is -0.858. The summed E-state index contributed by atoms with van der Waals surface area (Å²) in [6, 6.07) is 7.12. The van der Waals surface area contributed by atoms with Gasteiger partial charge in [-0.05, 0) is 25.1 Å². The summed E-state index contributed by atoms with van der Waals surface area (Å²) in [7, 11) is 1.30. The molecule has 3 heterocycles. The lowest BCUT2D eigenvalue weighted by molar-refractivity contribution is 0.0591. The van der Waals surface area contributed by atoms with Crippen LogP contribution in [0.2, 0.25) is 0 Å². The first kappa shape index (κ1) is 17.0. The van der Waals surface area contributed by atoms with E-state index in [1.54, 1.807) is 21.7 Å². The van der Waals surface area contributed by atoms with Gasteiger partial charge in [-0.15, -0.1) is 0 Å². The molecule has 27 heavy (non-hydrogen) atoms. The van der Waals surface area contributed by atoms with Gasteiger partial charge in [-0.1, -0.05) is 11.6 Å². The fraction of sp³-hybridized carbons (Fsp3) is 0.263. The molecule has 8 heteroatoms. The quantitative estimate of drug-likeness (QED) is 0.693. The van der Waals surface area contributed by atoms with Crippen LogP contribution in [0.3, 0.4) is 0 Å². The molecule has 0 radical (unpaired) electrons. The normalized spacial score (nSPS) is 13.5. The van der Waals surface area contributed by atoms with Crippen LogP contribution in [0.1, 0.15) is 32.1 Å². The minimum Gasteiger partial charge on any atom is -0.464 e. The third kappa shape index (κ3) is 2.88. The van der Waals surface area contributed by atoms with Gasteiger partial charge in [-0.3, -0.25) is 14.3 Å². The second-order valence-corrected chi connectivity index (χ2v) is 6.54. The summed E-state index contributed by atoms with van der Waals surface area (Å²) in [5.41, 5.74) is 2.40. The lowest BCUT2D eigenvalue weighted by atomic mass is 10.1. The van der Waals surface area contributed by atoms with Crippen molar-refractivity contribution in [3.8, 4) is 0 Å². The van der Waals surface area contributed by atoms with Crippen LogP contribution in [0.15, 0.2) is 35.3 Å². The standard InChI is InChI=1S/C19H18N4O4/c1-11-3-4-15-13(7-11)17(24)14(9-20-15)18(25)22-5-6-23-12(10-22)8-16(21-23)19(26)27-2/h3-4,7-9H,5-6,10H2,1-2H3,(H,20,24). The number of benzene rings is 1. The summed E-state index contributed by atoms with van der Waals surface area (Å²) in [4.78, 5) is 42.0. The van der Waals surface area contributed by atoms with Gasteiger partial charge in [0.2, 0.25) is 5.43 Å². The number of ether oxygens (including phenoxy) is 1. The number of H-pyrrole nitrogens is 1. The molecule has 0 bridgehead atoms. The van der Waals surface area contributed by atoms with Crippen LogP contribution >= 0.6 is 0 Å². The number of aromatic amines is 1. The van der Waals surface area contributed by atoms with E-state index in [9.17, 15) is 14.4 Å². The van der Waals surface area contributed by atoms with Gasteiger partial charge >= 0.3 is 5.97 Å². The van der Waals surface area contributed by atoms with Crippen LogP contribution in [-0.2, 0) is 17.8 Å². The molecule has 0 fully saturated rings. The zero-order chi connectivity index (χ0) is 19.1. The van der Waals surface area contributed by atoms with Crippen molar-refractivity contribution in [1.82, 2.24) is 19.7 Å². The fourth-order valence-corrected chi connectivity index (χ4v) is 3.31. The minimum absolute atomic E-state index is 0.106. The van der Waals surface area contributed by atoms with Gasteiger partial charge in [0.1, 0.15) is 5.56 Å². The topological polar surface area (TPSA) is 97.3 Å². The van der Waals surface area contributed by atoms with E-state index in [-0.39, 0.29) is 29.1 Å². The number of aromatic nitrogens is 3. The number of esters is 1. The van der Waals surface area contributed by atoms with E-state index in [0.29, 0.717) is 24.0 Å². The number of rotatable bonds is 2. The maximum atomic E-state index is 12.9. The van der Waals surface area contributed by atoms with E-state index < -0.39 is 5.97 Å². The van der Waals surface area contributed by atoms with Crippen molar-refractivity contribution in [1.29, 1.82) is 0 Å². The first-order valence-electron chi connectivity index (χ1n) is 8.54. The summed E-state index contributed by atoms with van der Waals surface area (Å²) < 4.78 is 6.37. The number of pyridine rings is 1. The molecule has 0 spiro atoms. The Morgan fingerprint density at radius 3 is 2.81 bits per heavy atom. The van der Waals surface area contributed by atoms with Gasteiger partial charge < -0.3 is 14.6 Å². The molecule has 1 aliphatic heterocycles. The molecule has 0 saturated heterocycles. The molecule has 0 unspecified atom stereocenters. The Bertz CT molecular complexity index is 1130. The highest BCUT2D eigenvalue weighted by molar-refractivity contribution is 5.97. The number of hydrogen-bond donors (Lipinski definition) is 1. The van der Waals surface area contributed by atoms with Crippen LogP contribution < -0.4 is 5.43 Å².